The van der Waals surface area contributed by atoms with Gasteiger partial charge < -0.3 is 14.8 Å². The molecule has 0 atom stereocenters. The Balaban J connectivity index is 1.49. The van der Waals surface area contributed by atoms with Crippen LogP contribution < -0.4 is 0 Å². The Bertz CT molecular complexity index is 1090. The SMILES string of the molecule is CCCCC(=O)N(CC(=O)N(CCc1c[nH]c2ccccc12)Cc1ccc(F)cc1)C1CC1. The molecule has 1 aliphatic carbocycles. The molecule has 5 nitrogen and oxygen atoms in total. The summed E-state index contributed by atoms with van der Waals surface area (Å²) in [5.74, 6) is -0.279. The summed E-state index contributed by atoms with van der Waals surface area (Å²) < 4.78 is 13.4. The molecule has 1 N–H and O–H groups in total. The molecule has 1 aliphatic rings. The summed E-state index contributed by atoms with van der Waals surface area (Å²) in [5, 5.41) is 1.15. The monoisotopic (exact) mass is 449 g/mol. The molecular weight excluding hydrogens is 417 g/mol. The number of rotatable bonds is 11. The molecule has 33 heavy (non-hydrogen) atoms. The van der Waals surface area contributed by atoms with E-state index < -0.39 is 0 Å². The number of carbonyl (C=O) groups is 2. The quantitative estimate of drug-likeness (QED) is 0.445. The first-order chi connectivity index (χ1) is 16.0. The lowest BCUT2D eigenvalue weighted by atomic mass is 10.1. The third-order valence-electron chi connectivity index (χ3n) is 6.32. The number of unbranched alkanes of at least 4 members (excludes halogenated alkanes) is 1. The fraction of sp³-hybridized carbons (Fsp3) is 0.407. The third-order valence-corrected chi connectivity index (χ3v) is 6.32. The molecule has 0 bridgehead atoms. The molecule has 174 valence electrons. The summed E-state index contributed by atoms with van der Waals surface area (Å²) in [4.78, 5) is 33.0. The standard InChI is InChI=1S/C27H32FN3O2/c1-2-3-8-26(32)31(23-13-14-23)19-27(33)30(18-20-9-11-22(28)12-10-20)16-15-21-17-29-25-7-5-4-6-24(21)25/h4-7,9-12,17,23,29H,2-3,8,13-16,18-19H2,1H3. The molecule has 6 heteroatoms. The number of aromatic nitrogens is 1. The maximum atomic E-state index is 13.4. The molecule has 1 fully saturated rings. The van der Waals surface area contributed by atoms with Gasteiger partial charge in [0.25, 0.3) is 0 Å². The maximum absolute atomic E-state index is 13.4. The van der Waals surface area contributed by atoms with Crippen molar-refractivity contribution in [3.8, 4) is 0 Å². The number of hydrogen-bond acceptors (Lipinski definition) is 2. The van der Waals surface area contributed by atoms with E-state index in [9.17, 15) is 14.0 Å². The predicted molar refractivity (Wildman–Crippen MR) is 128 cm³/mol. The zero-order chi connectivity index (χ0) is 23.2. The Morgan fingerprint density at radius 1 is 1.06 bits per heavy atom. The van der Waals surface area contributed by atoms with E-state index >= 15 is 0 Å². The van der Waals surface area contributed by atoms with Gasteiger partial charge in [-0.15, -0.1) is 0 Å². The predicted octanol–water partition coefficient (Wildman–Crippen LogP) is 5.06. The van der Waals surface area contributed by atoms with Gasteiger partial charge in [-0.05, 0) is 55.0 Å². The number of halogens is 1. The Kier molecular flexibility index (Phi) is 7.43. The highest BCUT2D eigenvalue weighted by atomic mass is 19.1. The van der Waals surface area contributed by atoms with Crippen LogP contribution in [0.15, 0.2) is 54.7 Å². The van der Waals surface area contributed by atoms with Crippen LogP contribution in [0.1, 0.15) is 50.2 Å². The number of nitrogens with one attached hydrogen (secondary N) is 1. The number of para-hydroxylation sites is 1. The Morgan fingerprint density at radius 2 is 1.82 bits per heavy atom. The highest BCUT2D eigenvalue weighted by Gasteiger charge is 2.34. The zero-order valence-electron chi connectivity index (χ0n) is 19.2. The number of amides is 2. The Labute approximate surface area is 194 Å². The Hall–Kier alpha value is -3.15. The van der Waals surface area contributed by atoms with Gasteiger partial charge in [0.15, 0.2) is 0 Å². The zero-order valence-corrected chi connectivity index (χ0v) is 19.2. The van der Waals surface area contributed by atoms with Crippen molar-refractivity contribution < 1.29 is 14.0 Å². The van der Waals surface area contributed by atoms with E-state index in [1.54, 1.807) is 21.9 Å². The first kappa shape index (κ1) is 23.0. The van der Waals surface area contributed by atoms with Gasteiger partial charge in [0, 0.05) is 42.7 Å². The van der Waals surface area contributed by atoms with Gasteiger partial charge in [0.05, 0.1) is 0 Å². The minimum Gasteiger partial charge on any atom is -0.361 e. The van der Waals surface area contributed by atoms with E-state index in [4.69, 9.17) is 0 Å². The lowest BCUT2D eigenvalue weighted by Gasteiger charge is -2.28. The molecule has 0 spiro atoms. The topological polar surface area (TPSA) is 56.4 Å². The number of nitrogens with zero attached hydrogens (tertiary/aromatic N) is 2. The number of carbonyl (C=O) groups excluding carboxylic acids is 2. The van der Waals surface area contributed by atoms with E-state index in [-0.39, 0.29) is 30.2 Å². The normalized spacial score (nSPS) is 13.3. The molecule has 0 radical (unpaired) electrons. The van der Waals surface area contributed by atoms with Crippen LogP contribution in [-0.4, -0.2) is 45.7 Å². The fourth-order valence-corrected chi connectivity index (χ4v) is 4.22. The van der Waals surface area contributed by atoms with Crippen molar-refractivity contribution in [3.05, 3.63) is 71.7 Å². The first-order valence-electron chi connectivity index (χ1n) is 11.9. The maximum Gasteiger partial charge on any atom is 0.242 e. The van der Waals surface area contributed by atoms with Crippen LogP contribution in [0.4, 0.5) is 4.39 Å². The molecule has 1 aromatic heterocycles. The van der Waals surface area contributed by atoms with Crippen LogP contribution in [0, 0.1) is 5.82 Å². The van der Waals surface area contributed by atoms with Crippen molar-refractivity contribution >= 4 is 22.7 Å². The summed E-state index contributed by atoms with van der Waals surface area (Å²) in [6, 6.07) is 14.6. The van der Waals surface area contributed by atoms with Crippen molar-refractivity contribution in [2.45, 2.75) is 58.0 Å². The van der Waals surface area contributed by atoms with E-state index in [0.29, 0.717) is 25.9 Å². The molecule has 2 amide bonds. The Morgan fingerprint density at radius 3 is 2.55 bits per heavy atom. The van der Waals surface area contributed by atoms with Crippen molar-refractivity contribution in [2.24, 2.45) is 0 Å². The molecule has 4 rings (SSSR count). The highest BCUT2D eigenvalue weighted by Crippen LogP contribution is 2.28. The molecule has 0 saturated heterocycles. The van der Waals surface area contributed by atoms with E-state index in [1.165, 1.54) is 12.1 Å². The summed E-state index contributed by atoms with van der Waals surface area (Å²) in [7, 11) is 0. The van der Waals surface area contributed by atoms with Crippen LogP contribution in [-0.2, 0) is 22.6 Å². The first-order valence-corrected chi connectivity index (χ1v) is 11.9. The molecule has 3 aromatic rings. The molecular formula is C27H32FN3O2. The average molecular weight is 450 g/mol. The minimum atomic E-state index is -0.295. The average Bonchev–Trinajstić information content (AvgIpc) is 3.59. The second kappa shape index (κ2) is 10.6. The second-order valence-corrected chi connectivity index (χ2v) is 8.91. The summed E-state index contributed by atoms with van der Waals surface area (Å²) in [5.41, 5.74) is 3.10. The van der Waals surface area contributed by atoms with Gasteiger partial charge >= 0.3 is 0 Å². The van der Waals surface area contributed by atoms with Crippen LogP contribution in [0.25, 0.3) is 10.9 Å². The second-order valence-electron chi connectivity index (χ2n) is 8.91. The van der Waals surface area contributed by atoms with Crippen molar-refractivity contribution in [1.82, 2.24) is 14.8 Å². The summed E-state index contributed by atoms with van der Waals surface area (Å²) in [6.45, 7) is 3.10. The highest BCUT2D eigenvalue weighted by molar-refractivity contribution is 5.86. The summed E-state index contributed by atoms with van der Waals surface area (Å²) >= 11 is 0. The molecule has 1 heterocycles. The van der Waals surface area contributed by atoms with Gasteiger partial charge in [-0.3, -0.25) is 9.59 Å². The number of hydrogen-bond donors (Lipinski definition) is 1. The smallest absolute Gasteiger partial charge is 0.242 e. The molecule has 2 aromatic carbocycles. The van der Waals surface area contributed by atoms with E-state index in [0.717, 1.165) is 47.7 Å². The van der Waals surface area contributed by atoms with Crippen LogP contribution in [0.2, 0.25) is 0 Å². The number of benzene rings is 2. The van der Waals surface area contributed by atoms with Crippen LogP contribution >= 0.6 is 0 Å². The fourth-order valence-electron chi connectivity index (χ4n) is 4.22. The van der Waals surface area contributed by atoms with E-state index in [2.05, 4.69) is 18.0 Å². The molecule has 0 unspecified atom stereocenters. The minimum absolute atomic E-state index is 0.0593. The molecule has 1 saturated carbocycles. The van der Waals surface area contributed by atoms with Crippen LogP contribution in [0.3, 0.4) is 0 Å². The van der Waals surface area contributed by atoms with Crippen LogP contribution in [0.5, 0.6) is 0 Å². The lowest BCUT2D eigenvalue weighted by Crippen LogP contribution is -2.44. The van der Waals surface area contributed by atoms with Gasteiger partial charge in [0.2, 0.25) is 11.8 Å². The van der Waals surface area contributed by atoms with Crippen molar-refractivity contribution in [2.75, 3.05) is 13.1 Å². The van der Waals surface area contributed by atoms with E-state index in [1.807, 2.05) is 24.4 Å². The third kappa shape index (κ3) is 6.01. The van der Waals surface area contributed by atoms with Gasteiger partial charge in [0.1, 0.15) is 12.4 Å². The lowest BCUT2D eigenvalue weighted by molar-refractivity contribution is -0.141. The number of fused-ring (bicyclic) bond motifs is 1. The van der Waals surface area contributed by atoms with Gasteiger partial charge in [-0.25, -0.2) is 4.39 Å². The van der Waals surface area contributed by atoms with Crippen molar-refractivity contribution in [1.29, 1.82) is 0 Å². The van der Waals surface area contributed by atoms with Gasteiger partial charge in [-0.2, -0.15) is 0 Å². The number of aromatic amines is 1. The number of H-pyrrole nitrogens is 1. The molecule has 0 aliphatic heterocycles. The largest absolute Gasteiger partial charge is 0.361 e. The van der Waals surface area contributed by atoms with Gasteiger partial charge in [-0.1, -0.05) is 43.7 Å². The van der Waals surface area contributed by atoms with Crippen molar-refractivity contribution in [3.63, 3.8) is 0 Å². The summed E-state index contributed by atoms with van der Waals surface area (Å²) in [6.07, 6.45) is 6.93.